The van der Waals surface area contributed by atoms with Gasteiger partial charge in [-0.1, -0.05) is 6.92 Å². The number of nitrogens with one attached hydrogen (secondary N) is 1. The zero-order valence-corrected chi connectivity index (χ0v) is 7.83. The molecule has 0 radical (unpaired) electrons. The molecule has 0 aromatic carbocycles. The number of carbonyl (C=O) groups is 1. The van der Waals surface area contributed by atoms with E-state index in [0.29, 0.717) is 5.92 Å². The molecule has 0 saturated heterocycles. The largest absolute Gasteiger partial charge is 0.477 e. The minimum atomic E-state index is -1.16. The molecule has 1 aromatic heterocycles. The summed E-state index contributed by atoms with van der Waals surface area (Å²) in [4.78, 5) is 24.6. The molecule has 1 heterocycles. The number of aryl methyl sites for hydroxylation is 1. The Kier molecular flexibility index (Phi) is 1.91. The van der Waals surface area contributed by atoms with E-state index in [2.05, 4.69) is 4.98 Å². The third-order valence-electron chi connectivity index (χ3n) is 2.75. The maximum Gasteiger partial charge on any atom is 0.341 e. The van der Waals surface area contributed by atoms with Crippen molar-refractivity contribution in [3.63, 3.8) is 0 Å². The monoisotopic (exact) mass is 193 g/mol. The van der Waals surface area contributed by atoms with Gasteiger partial charge in [0, 0.05) is 5.69 Å². The van der Waals surface area contributed by atoms with Crippen LogP contribution in [0.15, 0.2) is 10.9 Å². The Morgan fingerprint density at radius 1 is 1.64 bits per heavy atom. The first kappa shape index (κ1) is 8.99. The van der Waals surface area contributed by atoms with Crippen molar-refractivity contribution in [3.05, 3.63) is 33.2 Å². The highest BCUT2D eigenvalue weighted by Crippen LogP contribution is 2.30. The SMILES string of the molecule is C[C@H]1CCc2[nH]c(=O)c(C(=O)O)cc21. The fourth-order valence-corrected chi connectivity index (χ4v) is 1.91. The molecule has 0 amide bonds. The van der Waals surface area contributed by atoms with Crippen LogP contribution >= 0.6 is 0 Å². The Bertz CT molecular complexity index is 447. The van der Waals surface area contributed by atoms with Crippen molar-refractivity contribution in [2.45, 2.75) is 25.7 Å². The molecule has 0 fully saturated rings. The lowest BCUT2D eigenvalue weighted by atomic mass is 10.0. The van der Waals surface area contributed by atoms with Crippen LogP contribution in [0.4, 0.5) is 0 Å². The van der Waals surface area contributed by atoms with Gasteiger partial charge in [-0.2, -0.15) is 0 Å². The second-order valence-corrected chi connectivity index (χ2v) is 3.69. The topological polar surface area (TPSA) is 70.2 Å². The normalized spacial score (nSPS) is 19.4. The summed E-state index contributed by atoms with van der Waals surface area (Å²) >= 11 is 0. The van der Waals surface area contributed by atoms with Crippen LogP contribution in [0.3, 0.4) is 0 Å². The number of aromatic amines is 1. The Hall–Kier alpha value is -1.58. The van der Waals surface area contributed by atoms with Gasteiger partial charge in [-0.3, -0.25) is 4.79 Å². The van der Waals surface area contributed by atoms with Gasteiger partial charge >= 0.3 is 5.97 Å². The summed E-state index contributed by atoms with van der Waals surface area (Å²) in [6.07, 6.45) is 1.82. The number of rotatable bonds is 1. The van der Waals surface area contributed by atoms with E-state index in [-0.39, 0.29) is 5.56 Å². The quantitative estimate of drug-likeness (QED) is 0.702. The fraction of sp³-hybridized carbons (Fsp3) is 0.400. The summed E-state index contributed by atoms with van der Waals surface area (Å²) in [5.41, 5.74) is 1.22. The third kappa shape index (κ3) is 1.23. The lowest BCUT2D eigenvalue weighted by Crippen LogP contribution is -2.19. The van der Waals surface area contributed by atoms with Gasteiger partial charge in [-0.25, -0.2) is 4.79 Å². The molecule has 2 rings (SSSR count). The van der Waals surface area contributed by atoms with Gasteiger partial charge in [-0.05, 0) is 30.4 Å². The van der Waals surface area contributed by atoms with Gasteiger partial charge in [0.2, 0.25) is 0 Å². The van der Waals surface area contributed by atoms with Crippen molar-refractivity contribution >= 4 is 5.97 Å². The number of hydrogen-bond acceptors (Lipinski definition) is 2. The van der Waals surface area contributed by atoms with E-state index in [0.717, 1.165) is 24.1 Å². The van der Waals surface area contributed by atoms with E-state index < -0.39 is 11.5 Å². The van der Waals surface area contributed by atoms with Crippen LogP contribution in [0.1, 0.15) is 40.9 Å². The van der Waals surface area contributed by atoms with Crippen LogP contribution in [-0.2, 0) is 6.42 Å². The first-order valence-electron chi connectivity index (χ1n) is 4.59. The van der Waals surface area contributed by atoms with E-state index >= 15 is 0 Å². The number of pyridine rings is 1. The Morgan fingerprint density at radius 3 is 3.00 bits per heavy atom. The van der Waals surface area contributed by atoms with Crippen molar-refractivity contribution in [1.82, 2.24) is 4.98 Å². The van der Waals surface area contributed by atoms with E-state index in [9.17, 15) is 9.59 Å². The zero-order chi connectivity index (χ0) is 10.3. The van der Waals surface area contributed by atoms with Crippen molar-refractivity contribution in [1.29, 1.82) is 0 Å². The van der Waals surface area contributed by atoms with Gasteiger partial charge in [0.05, 0.1) is 0 Å². The van der Waals surface area contributed by atoms with Crippen molar-refractivity contribution < 1.29 is 9.90 Å². The van der Waals surface area contributed by atoms with Gasteiger partial charge < -0.3 is 10.1 Å². The smallest absolute Gasteiger partial charge is 0.341 e. The van der Waals surface area contributed by atoms with E-state index in [1.807, 2.05) is 6.92 Å². The lowest BCUT2D eigenvalue weighted by molar-refractivity contribution is 0.0695. The lowest BCUT2D eigenvalue weighted by Gasteiger charge is -2.04. The maximum atomic E-state index is 11.3. The Labute approximate surface area is 80.6 Å². The highest BCUT2D eigenvalue weighted by Gasteiger charge is 2.22. The molecular formula is C10H11NO3. The van der Waals surface area contributed by atoms with E-state index in [1.54, 1.807) is 0 Å². The molecule has 1 atom stereocenters. The number of aromatic carboxylic acids is 1. The van der Waals surface area contributed by atoms with Crippen LogP contribution in [-0.4, -0.2) is 16.1 Å². The van der Waals surface area contributed by atoms with Crippen molar-refractivity contribution in [3.8, 4) is 0 Å². The number of fused-ring (bicyclic) bond motifs is 1. The predicted octanol–water partition coefficient (Wildman–Crippen LogP) is 1.12. The van der Waals surface area contributed by atoms with Crippen LogP contribution < -0.4 is 5.56 Å². The molecule has 14 heavy (non-hydrogen) atoms. The summed E-state index contributed by atoms with van der Waals surface area (Å²) in [5, 5.41) is 8.76. The van der Waals surface area contributed by atoms with E-state index in [4.69, 9.17) is 5.11 Å². The second kappa shape index (κ2) is 2.97. The number of aromatic nitrogens is 1. The molecule has 0 bridgehead atoms. The van der Waals surface area contributed by atoms with Gasteiger partial charge in [0.15, 0.2) is 0 Å². The molecule has 0 saturated carbocycles. The molecular weight excluding hydrogens is 182 g/mol. The summed E-state index contributed by atoms with van der Waals surface area (Å²) in [7, 11) is 0. The average molecular weight is 193 g/mol. The molecule has 1 aromatic rings. The highest BCUT2D eigenvalue weighted by atomic mass is 16.4. The fourth-order valence-electron chi connectivity index (χ4n) is 1.91. The molecule has 0 unspecified atom stereocenters. The third-order valence-corrected chi connectivity index (χ3v) is 2.75. The van der Waals surface area contributed by atoms with Crippen LogP contribution in [0, 0.1) is 0 Å². The first-order chi connectivity index (χ1) is 6.59. The highest BCUT2D eigenvalue weighted by molar-refractivity contribution is 5.87. The Balaban J connectivity index is 2.63. The van der Waals surface area contributed by atoms with Crippen molar-refractivity contribution in [2.75, 3.05) is 0 Å². The molecule has 4 nitrogen and oxygen atoms in total. The van der Waals surface area contributed by atoms with Crippen LogP contribution in [0.5, 0.6) is 0 Å². The van der Waals surface area contributed by atoms with Crippen molar-refractivity contribution in [2.24, 2.45) is 0 Å². The standard InChI is InChI=1S/C10H11NO3/c1-5-2-3-8-6(5)4-7(10(13)14)9(12)11-8/h4-5H,2-3H2,1H3,(H,11,12)(H,13,14)/t5-/m0/s1. The number of carboxylic acids is 1. The number of carboxylic acid groups (broad SMARTS) is 1. The maximum absolute atomic E-state index is 11.3. The molecule has 4 heteroatoms. The number of hydrogen-bond donors (Lipinski definition) is 2. The molecule has 1 aliphatic rings. The van der Waals surface area contributed by atoms with E-state index in [1.165, 1.54) is 6.07 Å². The summed E-state index contributed by atoms with van der Waals surface area (Å²) in [6, 6.07) is 1.51. The number of H-pyrrole nitrogens is 1. The second-order valence-electron chi connectivity index (χ2n) is 3.69. The minimum Gasteiger partial charge on any atom is -0.477 e. The van der Waals surface area contributed by atoms with Gasteiger partial charge in [0.25, 0.3) is 5.56 Å². The summed E-state index contributed by atoms with van der Waals surface area (Å²) < 4.78 is 0. The first-order valence-corrected chi connectivity index (χ1v) is 4.59. The molecule has 0 aliphatic heterocycles. The molecule has 2 N–H and O–H groups in total. The summed E-state index contributed by atoms with van der Waals surface area (Å²) in [6.45, 7) is 2.04. The van der Waals surface area contributed by atoms with Crippen LogP contribution in [0.25, 0.3) is 0 Å². The minimum absolute atomic E-state index is 0.155. The predicted molar refractivity (Wildman–Crippen MR) is 50.8 cm³/mol. The van der Waals surface area contributed by atoms with Gasteiger partial charge in [-0.15, -0.1) is 0 Å². The average Bonchev–Trinajstić information content (AvgIpc) is 2.46. The zero-order valence-electron chi connectivity index (χ0n) is 7.83. The Morgan fingerprint density at radius 2 is 2.36 bits per heavy atom. The molecule has 74 valence electrons. The molecule has 0 spiro atoms. The van der Waals surface area contributed by atoms with Gasteiger partial charge in [0.1, 0.15) is 5.56 Å². The van der Waals surface area contributed by atoms with Crippen LogP contribution in [0.2, 0.25) is 0 Å². The summed E-state index contributed by atoms with van der Waals surface area (Å²) in [5.74, 6) is -0.812. The molecule has 1 aliphatic carbocycles.